The lowest BCUT2D eigenvalue weighted by molar-refractivity contribution is -0.131. The van der Waals surface area contributed by atoms with Gasteiger partial charge in [-0.25, -0.2) is 9.48 Å². The van der Waals surface area contributed by atoms with Crippen molar-refractivity contribution >= 4 is 35.2 Å². The van der Waals surface area contributed by atoms with Gasteiger partial charge in [-0.3, -0.25) is 0 Å². The van der Waals surface area contributed by atoms with Gasteiger partial charge in [-0.2, -0.15) is 5.10 Å². The molecule has 0 aliphatic carbocycles. The van der Waals surface area contributed by atoms with Gasteiger partial charge >= 0.3 is 5.97 Å². The van der Waals surface area contributed by atoms with Crippen LogP contribution in [0.1, 0.15) is 11.3 Å². The Bertz CT molecular complexity index is 663. The molecule has 2 rings (SSSR count). The molecule has 1 aromatic carbocycles. The summed E-state index contributed by atoms with van der Waals surface area (Å²) in [5, 5.41) is 13.7. The van der Waals surface area contributed by atoms with E-state index >= 15 is 0 Å². The first-order chi connectivity index (χ1) is 8.99. The fraction of sp³-hybridized carbons (Fsp3) is 0.0769. The highest BCUT2D eigenvalue weighted by Crippen LogP contribution is 2.25. The van der Waals surface area contributed by atoms with Crippen LogP contribution in [0.4, 0.5) is 0 Å². The number of carbonyl (C=O) groups is 1. The van der Waals surface area contributed by atoms with Crippen LogP contribution in [-0.2, 0) is 4.79 Å². The molecule has 0 aliphatic heterocycles. The fourth-order valence-electron chi connectivity index (χ4n) is 1.62. The Morgan fingerprint density at radius 3 is 2.74 bits per heavy atom. The number of aliphatic carboxylic acids is 1. The van der Waals surface area contributed by atoms with Crippen LogP contribution in [-0.4, -0.2) is 20.9 Å². The number of hydrogen-bond acceptors (Lipinski definition) is 2. The van der Waals surface area contributed by atoms with E-state index in [1.54, 1.807) is 29.1 Å². The number of aromatic nitrogens is 2. The van der Waals surface area contributed by atoms with Crippen molar-refractivity contribution < 1.29 is 9.90 Å². The number of carboxylic acid groups (broad SMARTS) is 1. The summed E-state index contributed by atoms with van der Waals surface area (Å²) < 4.78 is 1.67. The molecule has 0 unspecified atom stereocenters. The molecule has 0 bridgehead atoms. The van der Waals surface area contributed by atoms with Gasteiger partial charge in [0.15, 0.2) is 0 Å². The predicted molar refractivity (Wildman–Crippen MR) is 75.0 cm³/mol. The second-order valence-electron chi connectivity index (χ2n) is 3.87. The topological polar surface area (TPSA) is 55.1 Å². The molecule has 0 amide bonds. The van der Waals surface area contributed by atoms with Gasteiger partial charge in [-0.05, 0) is 31.2 Å². The van der Waals surface area contributed by atoms with Gasteiger partial charge in [0.25, 0.3) is 0 Å². The summed E-state index contributed by atoms with van der Waals surface area (Å²) in [5.41, 5.74) is 2.31. The van der Waals surface area contributed by atoms with Crippen LogP contribution >= 0.6 is 23.2 Å². The summed E-state index contributed by atoms with van der Waals surface area (Å²) in [7, 11) is 0. The lowest BCUT2D eigenvalue weighted by Gasteiger charge is -2.06. The third-order valence-corrected chi connectivity index (χ3v) is 3.34. The fourth-order valence-corrected chi connectivity index (χ4v) is 1.92. The maximum Gasteiger partial charge on any atom is 0.328 e. The zero-order valence-electron chi connectivity index (χ0n) is 9.97. The number of halogens is 2. The van der Waals surface area contributed by atoms with E-state index in [2.05, 4.69) is 5.10 Å². The largest absolute Gasteiger partial charge is 0.478 e. The number of carboxylic acids is 1. The normalized spacial score (nSPS) is 11.1. The van der Waals surface area contributed by atoms with Crippen molar-refractivity contribution in [1.29, 1.82) is 0 Å². The monoisotopic (exact) mass is 296 g/mol. The minimum absolute atomic E-state index is 0.441. The van der Waals surface area contributed by atoms with Crippen molar-refractivity contribution in [3.63, 3.8) is 0 Å². The average Bonchev–Trinajstić information content (AvgIpc) is 2.72. The highest BCUT2D eigenvalue weighted by atomic mass is 35.5. The summed E-state index contributed by atoms with van der Waals surface area (Å²) in [6.07, 6.45) is 4.17. The molecule has 0 atom stereocenters. The molecule has 0 saturated heterocycles. The van der Waals surface area contributed by atoms with Crippen LogP contribution in [0.25, 0.3) is 11.8 Å². The maximum atomic E-state index is 10.5. The van der Waals surface area contributed by atoms with Gasteiger partial charge in [-0.15, -0.1) is 0 Å². The van der Waals surface area contributed by atoms with Crippen LogP contribution in [0.3, 0.4) is 0 Å². The minimum atomic E-state index is -0.998. The van der Waals surface area contributed by atoms with Crippen LogP contribution in [0.2, 0.25) is 10.0 Å². The van der Waals surface area contributed by atoms with Gasteiger partial charge < -0.3 is 5.11 Å². The Morgan fingerprint density at radius 2 is 2.11 bits per heavy atom. The molecular formula is C13H10Cl2N2O2. The number of benzene rings is 1. The number of rotatable bonds is 3. The zero-order chi connectivity index (χ0) is 14.0. The molecule has 1 heterocycles. The van der Waals surface area contributed by atoms with Crippen LogP contribution < -0.4 is 0 Å². The Balaban J connectivity index is 2.41. The molecule has 2 aromatic rings. The van der Waals surface area contributed by atoms with E-state index in [1.807, 2.05) is 6.92 Å². The molecule has 1 N–H and O–H groups in total. The molecule has 6 heteroatoms. The molecule has 19 heavy (non-hydrogen) atoms. The molecule has 1 aromatic heterocycles. The van der Waals surface area contributed by atoms with Crippen molar-refractivity contribution in [3.05, 3.63) is 51.8 Å². The molecular weight excluding hydrogens is 287 g/mol. The van der Waals surface area contributed by atoms with E-state index in [0.717, 1.165) is 23.0 Å². The smallest absolute Gasteiger partial charge is 0.328 e. The molecule has 0 spiro atoms. The minimum Gasteiger partial charge on any atom is -0.478 e. The predicted octanol–water partition coefficient (Wildman–Crippen LogP) is 3.59. The molecule has 98 valence electrons. The Morgan fingerprint density at radius 1 is 1.37 bits per heavy atom. The van der Waals surface area contributed by atoms with Crippen LogP contribution in [0, 0.1) is 6.92 Å². The lowest BCUT2D eigenvalue weighted by atomic mass is 10.2. The first-order valence-electron chi connectivity index (χ1n) is 5.40. The van der Waals surface area contributed by atoms with Crippen LogP contribution in [0.15, 0.2) is 30.5 Å². The van der Waals surface area contributed by atoms with E-state index in [9.17, 15) is 4.79 Å². The summed E-state index contributed by atoms with van der Waals surface area (Å²) in [6.45, 7) is 1.84. The van der Waals surface area contributed by atoms with Crippen molar-refractivity contribution in [2.75, 3.05) is 0 Å². The van der Waals surface area contributed by atoms with Gasteiger partial charge in [0.2, 0.25) is 0 Å². The molecule has 0 radical (unpaired) electrons. The average molecular weight is 297 g/mol. The molecule has 4 nitrogen and oxygen atoms in total. The van der Waals surface area contributed by atoms with Crippen molar-refractivity contribution in [2.24, 2.45) is 0 Å². The van der Waals surface area contributed by atoms with E-state index < -0.39 is 5.97 Å². The van der Waals surface area contributed by atoms with E-state index in [-0.39, 0.29) is 0 Å². The Labute approximate surface area is 119 Å². The highest BCUT2D eigenvalue weighted by Gasteiger charge is 2.08. The number of nitrogens with zero attached hydrogens (tertiary/aromatic N) is 2. The third-order valence-electron chi connectivity index (χ3n) is 2.60. The first-order valence-corrected chi connectivity index (χ1v) is 6.15. The molecule has 0 aliphatic rings. The second-order valence-corrected chi connectivity index (χ2v) is 4.68. The molecule has 0 fully saturated rings. The third kappa shape index (κ3) is 2.97. The highest BCUT2D eigenvalue weighted by molar-refractivity contribution is 6.42. The van der Waals surface area contributed by atoms with E-state index in [0.29, 0.717) is 10.0 Å². The van der Waals surface area contributed by atoms with Crippen LogP contribution in [0.5, 0.6) is 0 Å². The zero-order valence-corrected chi connectivity index (χ0v) is 11.5. The summed E-state index contributed by atoms with van der Waals surface area (Å²) in [4.78, 5) is 10.5. The number of hydrogen-bond donors (Lipinski definition) is 1. The van der Waals surface area contributed by atoms with E-state index in [1.165, 1.54) is 6.08 Å². The van der Waals surface area contributed by atoms with Crippen molar-refractivity contribution in [2.45, 2.75) is 6.92 Å². The SMILES string of the molecule is Cc1c(/C=C/C(=O)O)cnn1-c1ccc(Cl)c(Cl)c1. The van der Waals surface area contributed by atoms with Gasteiger partial charge in [0, 0.05) is 17.3 Å². The standard InChI is InChI=1S/C13H10Cl2N2O2/c1-8-9(2-5-13(18)19)7-16-17(8)10-3-4-11(14)12(15)6-10/h2-7H,1H3,(H,18,19)/b5-2+. The van der Waals surface area contributed by atoms with Gasteiger partial charge in [-0.1, -0.05) is 23.2 Å². The Kier molecular flexibility index (Phi) is 3.93. The quantitative estimate of drug-likeness (QED) is 0.881. The van der Waals surface area contributed by atoms with Crippen molar-refractivity contribution in [3.8, 4) is 5.69 Å². The summed E-state index contributed by atoms with van der Waals surface area (Å²) in [5.74, 6) is -0.998. The molecule has 0 saturated carbocycles. The summed E-state index contributed by atoms with van der Waals surface area (Å²) >= 11 is 11.8. The van der Waals surface area contributed by atoms with E-state index in [4.69, 9.17) is 28.3 Å². The Hall–Kier alpha value is -1.78. The van der Waals surface area contributed by atoms with Gasteiger partial charge in [0.1, 0.15) is 0 Å². The second kappa shape index (κ2) is 5.47. The lowest BCUT2D eigenvalue weighted by Crippen LogP contribution is -1.98. The summed E-state index contributed by atoms with van der Waals surface area (Å²) in [6, 6.07) is 5.18. The maximum absolute atomic E-state index is 10.5. The van der Waals surface area contributed by atoms with Gasteiger partial charge in [0.05, 0.1) is 21.9 Å². The first kappa shape index (κ1) is 13.6. The van der Waals surface area contributed by atoms with Crippen molar-refractivity contribution in [1.82, 2.24) is 9.78 Å².